The molecule has 0 fully saturated rings. The Balaban J connectivity index is 4.51. The van der Waals surface area contributed by atoms with Gasteiger partial charge in [-0.3, -0.25) is 0 Å². The second-order valence-electron chi connectivity index (χ2n) is 3.57. The van der Waals surface area contributed by atoms with Gasteiger partial charge in [0.2, 0.25) is 0 Å². The predicted molar refractivity (Wildman–Crippen MR) is 68.3 cm³/mol. The quantitative estimate of drug-likeness (QED) is 0.580. The molecule has 16 heavy (non-hydrogen) atoms. The fourth-order valence-corrected chi connectivity index (χ4v) is 3.42. The predicted octanol–water partition coefficient (Wildman–Crippen LogP) is 1.69. The van der Waals surface area contributed by atoms with Crippen LogP contribution in [-0.2, 0) is 13.3 Å². The first-order valence-corrected chi connectivity index (χ1v) is 7.64. The van der Waals surface area contributed by atoms with Crippen molar-refractivity contribution in [2.45, 2.75) is 20.8 Å². The van der Waals surface area contributed by atoms with Gasteiger partial charge >= 0.3 is 8.80 Å². The highest BCUT2D eigenvalue weighted by Gasteiger charge is 2.37. The van der Waals surface area contributed by atoms with Crippen molar-refractivity contribution in [3.63, 3.8) is 0 Å². The van der Waals surface area contributed by atoms with Gasteiger partial charge in [0.15, 0.2) is 0 Å². The van der Waals surface area contributed by atoms with E-state index in [-0.39, 0.29) is 0 Å². The molecule has 0 aromatic rings. The highest BCUT2D eigenvalue weighted by atomic mass is 28.4. The van der Waals surface area contributed by atoms with Crippen LogP contribution in [0.2, 0.25) is 0 Å². The molecule has 0 unspecified atom stereocenters. The average molecular weight is 247 g/mol. The number of hydrogen-bond donors (Lipinski definition) is 0. The van der Waals surface area contributed by atoms with Crippen molar-refractivity contribution in [1.82, 2.24) is 4.90 Å². The fourth-order valence-electron chi connectivity index (χ4n) is 1.28. The van der Waals surface area contributed by atoms with E-state index >= 15 is 0 Å². The Labute approximate surface area is 101 Å². The summed E-state index contributed by atoms with van der Waals surface area (Å²) >= 11 is 0. The van der Waals surface area contributed by atoms with E-state index in [1.54, 1.807) is 0 Å². The Bertz CT molecular complexity index is 181. The van der Waals surface area contributed by atoms with E-state index in [1.807, 2.05) is 46.6 Å². The van der Waals surface area contributed by atoms with Gasteiger partial charge in [-0.25, -0.2) is 0 Å². The Hall–Kier alpha value is -0.203. The van der Waals surface area contributed by atoms with Crippen molar-refractivity contribution in [2.75, 3.05) is 40.5 Å². The average Bonchev–Trinajstić information content (AvgIpc) is 2.18. The number of likely N-dealkylation sites (N-methyl/N-ethyl adjacent to an activating group) is 1. The van der Waals surface area contributed by atoms with E-state index < -0.39 is 8.80 Å². The molecule has 0 aliphatic carbocycles. The van der Waals surface area contributed by atoms with Crippen LogP contribution in [0.3, 0.4) is 0 Å². The van der Waals surface area contributed by atoms with Gasteiger partial charge < -0.3 is 18.2 Å². The maximum absolute atomic E-state index is 5.68. The molecule has 0 spiro atoms. The minimum atomic E-state index is -2.57. The lowest BCUT2D eigenvalue weighted by molar-refractivity contribution is 0.0842. The minimum Gasteiger partial charge on any atom is -0.371 e. The summed E-state index contributed by atoms with van der Waals surface area (Å²) in [5, 5.41) is 0. The number of nitrogens with zero attached hydrogens (tertiary/aromatic N) is 1. The molecule has 0 N–H and O–H groups in total. The van der Waals surface area contributed by atoms with Crippen molar-refractivity contribution in [1.29, 1.82) is 0 Å². The van der Waals surface area contributed by atoms with E-state index in [0.29, 0.717) is 19.8 Å². The third-order valence-electron chi connectivity index (χ3n) is 1.83. The van der Waals surface area contributed by atoms with Crippen LogP contribution in [-0.4, -0.2) is 54.2 Å². The molecular formula is C11H25NO3Si. The summed E-state index contributed by atoms with van der Waals surface area (Å²) in [5.74, 6) is 0. The molecule has 0 aliphatic heterocycles. The van der Waals surface area contributed by atoms with E-state index in [4.69, 9.17) is 13.3 Å². The topological polar surface area (TPSA) is 30.9 Å². The molecule has 0 aliphatic rings. The van der Waals surface area contributed by atoms with Crippen molar-refractivity contribution in [3.05, 3.63) is 11.8 Å². The molecule has 5 heteroatoms. The van der Waals surface area contributed by atoms with Crippen molar-refractivity contribution >= 4 is 8.80 Å². The summed E-state index contributed by atoms with van der Waals surface area (Å²) < 4.78 is 17.0. The Kier molecular flexibility index (Phi) is 8.78. The molecule has 0 rings (SSSR count). The normalized spacial score (nSPS) is 12.9. The highest BCUT2D eigenvalue weighted by Crippen LogP contribution is 2.11. The van der Waals surface area contributed by atoms with Gasteiger partial charge in [-0.05, 0) is 40.6 Å². The van der Waals surface area contributed by atoms with Crippen molar-refractivity contribution in [3.8, 4) is 0 Å². The van der Waals surface area contributed by atoms with Crippen LogP contribution >= 0.6 is 0 Å². The summed E-state index contributed by atoms with van der Waals surface area (Å²) in [6.45, 7) is 8.57. The second-order valence-corrected chi connectivity index (χ2v) is 5.97. The minimum absolute atomic E-state index is 0.610. The molecule has 0 aromatic carbocycles. The van der Waals surface area contributed by atoms with E-state index in [1.165, 1.54) is 0 Å². The maximum Gasteiger partial charge on any atom is 0.529 e. The Morgan fingerprint density at radius 1 is 0.938 bits per heavy atom. The molecule has 0 aromatic heterocycles. The second kappa shape index (κ2) is 8.89. The molecule has 0 saturated carbocycles. The van der Waals surface area contributed by atoms with Gasteiger partial charge in [0.1, 0.15) is 0 Å². The summed E-state index contributed by atoms with van der Waals surface area (Å²) in [6, 6.07) is 0. The van der Waals surface area contributed by atoms with Gasteiger partial charge in [0.25, 0.3) is 0 Å². The van der Waals surface area contributed by atoms with Crippen LogP contribution in [0.4, 0.5) is 0 Å². The van der Waals surface area contributed by atoms with Crippen LogP contribution in [0, 0.1) is 0 Å². The molecule has 0 amide bonds. The summed E-state index contributed by atoms with van der Waals surface area (Å²) in [7, 11) is 1.48. The molecule has 4 nitrogen and oxygen atoms in total. The maximum atomic E-state index is 5.68. The van der Waals surface area contributed by atoms with Crippen LogP contribution in [0.5, 0.6) is 0 Å². The SMILES string of the molecule is CCO[Si](C=CCN(C)C)(OCC)OCC. The molecule has 0 radical (unpaired) electrons. The van der Waals surface area contributed by atoms with Crippen LogP contribution < -0.4 is 0 Å². The summed E-state index contributed by atoms with van der Waals surface area (Å²) in [6.07, 6.45) is 2.05. The van der Waals surface area contributed by atoms with E-state index in [0.717, 1.165) is 6.54 Å². The molecule has 0 atom stereocenters. The highest BCUT2D eigenvalue weighted by molar-refractivity contribution is 6.66. The first kappa shape index (κ1) is 15.8. The van der Waals surface area contributed by atoms with Crippen molar-refractivity contribution < 1.29 is 13.3 Å². The summed E-state index contributed by atoms with van der Waals surface area (Å²) in [4.78, 5) is 2.08. The lowest BCUT2D eigenvalue weighted by Gasteiger charge is -2.25. The molecule has 0 bridgehead atoms. The van der Waals surface area contributed by atoms with E-state index in [2.05, 4.69) is 4.90 Å². The first-order valence-electron chi connectivity index (χ1n) is 5.84. The molecule has 96 valence electrons. The van der Waals surface area contributed by atoms with Crippen LogP contribution in [0.1, 0.15) is 20.8 Å². The Morgan fingerprint density at radius 2 is 1.38 bits per heavy atom. The van der Waals surface area contributed by atoms with Crippen LogP contribution in [0.15, 0.2) is 11.8 Å². The van der Waals surface area contributed by atoms with Crippen LogP contribution in [0.25, 0.3) is 0 Å². The van der Waals surface area contributed by atoms with Crippen molar-refractivity contribution in [2.24, 2.45) is 0 Å². The molecule has 0 saturated heterocycles. The number of rotatable bonds is 9. The van der Waals surface area contributed by atoms with E-state index in [9.17, 15) is 0 Å². The monoisotopic (exact) mass is 247 g/mol. The first-order chi connectivity index (χ1) is 7.60. The largest absolute Gasteiger partial charge is 0.529 e. The summed E-state index contributed by atoms with van der Waals surface area (Å²) in [5.41, 5.74) is 1.98. The fraction of sp³-hybridized carbons (Fsp3) is 0.818. The third-order valence-corrected chi connectivity index (χ3v) is 4.55. The molecule has 0 heterocycles. The zero-order valence-corrected chi connectivity index (χ0v) is 12.2. The Morgan fingerprint density at radius 3 is 1.69 bits per heavy atom. The van der Waals surface area contributed by atoms with Gasteiger partial charge in [0.05, 0.1) is 0 Å². The number of hydrogen-bond acceptors (Lipinski definition) is 4. The zero-order chi connectivity index (χ0) is 12.4. The lowest BCUT2D eigenvalue weighted by atomic mass is 10.6. The van der Waals surface area contributed by atoms with Gasteiger partial charge in [-0.1, -0.05) is 6.08 Å². The van der Waals surface area contributed by atoms with Gasteiger partial charge in [-0.2, -0.15) is 0 Å². The smallest absolute Gasteiger partial charge is 0.371 e. The van der Waals surface area contributed by atoms with Gasteiger partial charge in [0, 0.05) is 26.4 Å². The molecular weight excluding hydrogens is 222 g/mol. The standard InChI is InChI=1S/C11H25NO3Si/c1-6-13-16(14-7-2,15-8-3)11-9-10-12(4)5/h9,11H,6-8,10H2,1-5H3. The lowest BCUT2D eigenvalue weighted by Crippen LogP contribution is -2.44. The zero-order valence-electron chi connectivity index (χ0n) is 11.2. The third kappa shape index (κ3) is 6.39. The van der Waals surface area contributed by atoms with Gasteiger partial charge in [-0.15, -0.1) is 0 Å².